The van der Waals surface area contributed by atoms with Gasteiger partial charge in [-0.1, -0.05) is 12.8 Å². The number of rotatable bonds is 10. The second-order valence-electron chi connectivity index (χ2n) is 8.77. The Morgan fingerprint density at radius 2 is 1.86 bits per heavy atom. The summed E-state index contributed by atoms with van der Waals surface area (Å²) < 4.78 is 7.26. The van der Waals surface area contributed by atoms with Crippen molar-refractivity contribution < 1.29 is 9.53 Å². The van der Waals surface area contributed by atoms with Gasteiger partial charge in [-0.15, -0.1) is 0 Å². The van der Waals surface area contributed by atoms with Crippen molar-refractivity contribution in [3.8, 4) is 0 Å². The van der Waals surface area contributed by atoms with Crippen LogP contribution in [0.3, 0.4) is 0 Å². The van der Waals surface area contributed by atoms with Crippen molar-refractivity contribution in [3.05, 3.63) is 17.0 Å². The summed E-state index contributed by atoms with van der Waals surface area (Å²) in [6.07, 6.45) is 5.45. The number of carbonyl (C=O) groups excluding carboxylic acids is 1. The quantitative estimate of drug-likeness (QED) is 0.269. The highest BCUT2D eigenvalue weighted by molar-refractivity contribution is 5.79. The Hall–Kier alpha value is -2.05. The minimum Gasteiger partial charge on any atom is -0.460 e. The summed E-state index contributed by atoms with van der Waals surface area (Å²) in [5.41, 5.74) is 3.21. The molecule has 29 heavy (non-hydrogen) atoms. The maximum atomic E-state index is 11.7. The molecule has 1 aromatic heterocycles. The second kappa shape index (κ2) is 11.8. The van der Waals surface area contributed by atoms with Crippen LogP contribution in [0.5, 0.6) is 0 Å². The Kier molecular flexibility index (Phi) is 10.2. The predicted molar refractivity (Wildman–Crippen MR) is 119 cm³/mol. The summed E-state index contributed by atoms with van der Waals surface area (Å²) in [5, 5.41) is 11.3. The van der Waals surface area contributed by atoms with Gasteiger partial charge < -0.3 is 15.4 Å². The molecule has 0 aliphatic rings. The van der Waals surface area contributed by atoms with Gasteiger partial charge in [0.2, 0.25) is 0 Å². The molecule has 7 heteroatoms. The second-order valence-corrected chi connectivity index (χ2v) is 8.77. The van der Waals surface area contributed by atoms with Crippen LogP contribution in [-0.4, -0.2) is 46.9 Å². The number of nitrogens with zero attached hydrogens (tertiary/aromatic N) is 3. The molecule has 1 rings (SSSR count). The SMILES string of the molecule is CN=C(NCCCCCCC(=O)OC(C)(C)C)NC(C)Cc1c(C)nn(C)c1C. The van der Waals surface area contributed by atoms with E-state index >= 15 is 0 Å². The lowest BCUT2D eigenvalue weighted by Gasteiger charge is -2.19. The Balaban J connectivity index is 2.22. The van der Waals surface area contributed by atoms with Crippen LogP contribution in [0, 0.1) is 13.8 Å². The molecule has 1 unspecified atom stereocenters. The van der Waals surface area contributed by atoms with Crippen LogP contribution >= 0.6 is 0 Å². The van der Waals surface area contributed by atoms with E-state index in [0.29, 0.717) is 6.42 Å². The van der Waals surface area contributed by atoms with Gasteiger partial charge in [-0.3, -0.25) is 14.5 Å². The van der Waals surface area contributed by atoms with E-state index in [0.717, 1.165) is 50.3 Å². The van der Waals surface area contributed by atoms with Crippen LogP contribution in [0.2, 0.25) is 0 Å². The molecule has 0 spiro atoms. The van der Waals surface area contributed by atoms with Gasteiger partial charge in [-0.2, -0.15) is 5.10 Å². The molecule has 1 aromatic rings. The zero-order chi connectivity index (χ0) is 22.0. The number of esters is 1. The number of hydrogen-bond acceptors (Lipinski definition) is 4. The largest absolute Gasteiger partial charge is 0.460 e. The Bertz CT molecular complexity index is 673. The smallest absolute Gasteiger partial charge is 0.306 e. The molecule has 1 atom stereocenters. The molecule has 0 bridgehead atoms. The fourth-order valence-corrected chi connectivity index (χ4v) is 3.25. The number of hydrogen-bond donors (Lipinski definition) is 2. The number of aryl methyl sites for hydroxylation is 2. The standard InChI is InChI=1S/C22H41N5O2/c1-16(15-19-17(2)26-27(8)18(19)3)25-21(23-7)24-14-12-10-9-11-13-20(28)29-22(4,5)6/h16H,9-15H2,1-8H3,(H2,23,24,25). The van der Waals surface area contributed by atoms with Gasteiger partial charge in [-0.05, 0) is 66.4 Å². The molecule has 7 nitrogen and oxygen atoms in total. The van der Waals surface area contributed by atoms with Gasteiger partial charge >= 0.3 is 5.97 Å². The van der Waals surface area contributed by atoms with Crippen molar-refractivity contribution in [2.75, 3.05) is 13.6 Å². The van der Waals surface area contributed by atoms with Crippen LogP contribution in [0.15, 0.2) is 4.99 Å². The Morgan fingerprint density at radius 1 is 1.21 bits per heavy atom. The lowest BCUT2D eigenvalue weighted by molar-refractivity contribution is -0.154. The summed E-state index contributed by atoms with van der Waals surface area (Å²) in [4.78, 5) is 16.0. The molecule has 0 radical (unpaired) electrons. The van der Waals surface area contributed by atoms with Crippen LogP contribution in [0.25, 0.3) is 0 Å². The molecule has 0 amide bonds. The summed E-state index contributed by atoms with van der Waals surface area (Å²) >= 11 is 0. The topological polar surface area (TPSA) is 80.5 Å². The highest BCUT2D eigenvalue weighted by Crippen LogP contribution is 2.14. The van der Waals surface area contributed by atoms with E-state index in [9.17, 15) is 4.79 Å². The molecule has 0 aromatic carbocycles. The van der Waals surface area contributed by atoms with Gasteiger partial charge in [0.25, 0.3) is 0 Å². The minimum absolute atomic E-state index is 0.103. The van der Waals surface area contributed by atoms with Gasteiger partial charge in [0.05, 0.1) is 5.69 Å². The van der Waals surface area contributed by atoms with Crippen LogP contribution < -0.4 is 10.6 Å². The zero-order valence-corrected chi connectivity index (χ0v) is 19.7. The van der Waals surface area contributed by atoms with Gasteiger partial charge in [0, 0.05) is 38.8 Å². The van der Waals surface area contributed by atoms with Gasteiger partial charge in [-0.25, -0.2) is 0 Å². The first-order valence-electron chi connectivity index (χ1n) is 10.7. The maximum absolute atomic E-state index is 11.7. The summed E-state index contributed by atoms with van der Waals surface area (Å²) in [6, 6.07) is 0.261. The van der Waals surface area contributed by atoms with Crippen molar-refractivity contribution >= 4 is 11.9 Å². The van der Waals surface area contributed by atoms with Crippen molar-refractivity contribution in [3.63, 3.8) is 0 Å². The van der Waals surface area contributed by atoms with E-state index in [1.807, 2.05) is 32.5 Å². The molecule has 0 fully saturated rings. The Labute approximate surface area is 176 Å². The third kappa shape index (κ3) is 9.81. The molecule has 0 aliphatic carbocycles. The number of nitrogens with one attached hydrogen (secondary N) is 2. The first-order chi connectivity index (χ1) is 13.5. The molecule has 166 valence electrons. The van der Waals surface area contributed by atoms with Crippen molar-refractivity contribution in [1.29, 1.82) is 0 Å². The van der Waals surface area contributed by atoms with E-state index in [-0.39, 0.29) is 12.0 Å². The highest BCUT2D eigenvalue weighted by atomic mass is 16.6. The number of unbranched alkanes of at least 4 members (excludes halogenated alkanes) is 3. The minimum atomic E-state index is -0.393. The fourth-order valence-electron chi connectivity index (χ4n) is 3.25. The predicted octanol–water partition coefficient (Wildman–Crippen LogP) is 3.43. The van der Waals surface area contributed by atoms with E-state index < -0.39 is 5.60 Å². The molecular formula is C22H41N5O2. The summed E-state index contributed by atoms with van der Waals surface area (Å²) in [6.45, 7) is 12.9. The van der Waals surface area contributed by atoms with Crippen molar-refractivity contribution in [2.24, 2.45) is 12.0 Å². The molecule has 0 aliphatic heterocycles. The number of aromatic nitrogens is 2. The van der Waals surface area contributed by atoms with Crippen LogP contribution in [-0.2, 0) is 23.0 Å². The van der Waals surface area contributed by atoms with Crippen molar-refractivity contribution in [2.45, 2.75) is 91.7 Å². The lowest BCUT2D eigenvalue weighted by atomic mass is 10.1. The molecule has 0 saturated carbocycles. The van der Waals surface area contributed by atoms with Crippen molar-refractivity contribution in [1.82, 2.24) is 20.4 Å². The number of aliphatic imine (C=N–C) groups is 1. The molecular weight excluding hydrogens is 366 g/mol. The maximum Gasteiger partial charge on any atom is 0.306 e. The number of ether oxygens (including phenoxy) is 1. The average Bonchev–Trinajstić information content (AvgIpc) is 2.84. The first-order valence-corrected chi connectivity index (χ1v) is 10.7. The lowest BCUT2D eigenvalue weighted by Crippen LogP contribution is -2.43. The summed E-state index contributed by atoms with van der Waals surface area (Å²) in [7, 11) is 3.78. The monoisotopic (exact) mass is 407 g/mol. The third-order valence-corrected chi connectivity index (χ3v) is 4.80. The van der Waals surface area contributed by atoms with E-state index in [1.54, 1.807) is 7.05 Å². The van der Waals surface area contributed by atoms with E-state index in [1.165, 1.54) is 11.3 Å². The normalized spacial score (nSPS) is 13.3. The molecule has 0 saturated heterocycles. The Morgan fingerprint density at radius 3 is 2.41 bits per heavy atom. The highest BCUT2D eigenvalue weighted by Gasteiger charge is 2.16. The average molecular weight is 408 g/mol. The number of carbonyl (C=O) groups is 1. The third-order valence-electron chi connectivity index (χ3n) is 4.80. The fraction of sp³-hybridized carbons (Fsp3) is 0.773. The zero-order valence-electron chi connectivity index (χ0n) is 19.7. The van der Waals surface area contributed by atoms with Crippen LogP contribution in [0.1, 0.15) is 76.8 Å². The van der Waals surface area contributed by atoms with E-state index in [2.05, 4.69) is 41.5 Å². The van der Waals surface area contributed by atoms with Crippen LogP contribution in [0.4, 0.5) is 0 Å². The first kappa shape index (κ1) is 25.0. The van der Waals surface area contributed by atoms with Gasteiger partial charge in [0.1, 0.15) is 5.60 Å². The molecule has 1 heterocycles. The van der Waals surface area contributed by atoms with Gasteiger partial charge in [0.15, 0.2) is 5.96 Å². The molecule has 2 N–H and O–H groups in total. The van der Waals surface area contributed by atoms with E-state index in [4.69, 9.17) is 4.74 Å². The number of guanidine groups is 1. The summed E-state index contributed by atoms with van der Waals surface area (Å²) in [5.74, 6) is 0.721.